The second-order valence-electron chi connectivity index (χ2n) is 4.45. The summed E-state index contributed by atoms with van der Waals surface area (Å²) in [6, 6.07) is 2.56. The number of Topliss-reactive ketones (excluding diaryl/α,β-unsaturated/α-hetero) is 1. The second-order valence-corrected chi connectivity index (χ2v) is 4.86. The van der Waals surface area contributed by atoms with Crippen molar-refractivity contribution >= 4 is 23.3 Å². The summed E-state index contributed by atoms with van der Waals surface area (Å²) >= 11 is 5.95. The van der Waals surface area contributed by atoms with Crippen LogP contribution in [0.2, 0.25) is 5.02 Å². The summed E-state index contributed by atoms with van der Waals surface area (Å²) in [5.74, 6) is -0.823. The van der Waals surface area contributed by atoms with E-state index in [1.165, 1.54) is 11.0 Å². The van der Waals surface area contributed by atoms with Crippen molar-refractivity contribution < 1.29 is 14.0 Å². The zero-order chi connectivity index (χ0) is 13.3. The Hall–Kier alpha value is -1.42. The first-order chi connectivity index (χ1) is 8.49. The van der Waals surface area contributed by atoms with Crippen molar-refractivity contribution in [1.82, 2.24) is 4.90 Å². The Morgan fingerprint density at radius 3 is 2.83 bits per heavy atom. The summed E-state index contributed by atoms with van der Waals surface area (Å²) in [4.78, 5) is 24.9. The number of ketones is 1. The molecule has 1 aromatic rings. The molecule has 0 saturated carbocycles. The van der Waals surface area contributed by atoms with E-state index in [9.17, 15) is 14.0 Å². The molecule has 0 spiro atoms. The van der Waals surface area contributed by atoms with Crippen LogP contribution in [-0.4, -0.2) is 29.7 Å². The Morgan fingerprint density at radius 1 is 1.44 bits per heavy atom. The van der Waals surface area contributed by atoms with Crippen molar-refractivity contribution in [3.05, 3.63) is 34.1 Å². The van der Waals surface area contributed by atoms with Gasteiger partial charge in [0, 0.05) is 13.0 Å². The second kappa shape index (κ2) is 5.06. The number of nitrogens with zero attached hydrogens (tertiary/aromatic N) is 1. The molecule has 1 saturated heterocycles. The van der Waals surface area contributed by atoms with Crippen molar-refractivity contribution in [1.29, 1.82) is 0 Å². The molecule has 0 radical (unpaired) electrons. The normalized spacial score (nSPS) is 15.9. The number of halogens is 2. The van der Waals surface area contributed by atoms with E-state index in [1.54, 1.807) is 6.92 Å². The third-order valence-electron chi connectivity index (χ3n) is 3.02. The van der Waals surface area contributed by atoms with Crippen LogP contribution in [0, 0.1) is 12.7 Å². The summed E-state index contributed by atoms with van der Waals surface area (Å²) in [5, 5.41) is 0.219. The lowest BCUT2D eigenvalue weighted by molar-refractivity contribution is -0.121. The number of aryl methyl sites for hydroxylation is 1. The van der Waals surface area contributed by atoms with Gasteiger partial charge in [0.15, 0.2) is 5.78 Å². The van der Waals surface area contributed by atoms with Crippen LogP contribution in [0.4, 0.5) is 4.39 Å². The first-order valence-electron chi connectivity index (χ1n) is 5.75. The number of hydrogen-bond acceptors (Lipinski definition) is 2. The molecule has 18 heavy (non-hydrogen) atoms. The molecule has 1 aliphatic rings. The van der Waals surface area contributed by atoms with E-state index in [-0.39, 0.29) is 28.8 Å². The Labute approximate surface area is 110 Å². The Kier molecular flexibility index (Phi) is 3.66. The minimum Gasteiger partial charge on any atom is -0.331 e. The molecule has 1 heterocycles. The first-order valence-corrected chi connectivity index (χ1v) is 6.13. The lowest BCUT2D eigenvalue weighted by Crippen LogP contribution is -2.40. The quantitative estimate of drug-likeness (QED) is 0.786. The van der Waals surface area contributed by atoms with Crippen LogP contribution < -0.4 is 0 Å². The smallest absolute Gasteiger partial charge is 0.255 e. The van der Waals surface area contributed by atoms with Gasteiger partial charge in [-0.05, 0) is 31.0 Å². The molecule has 3 nitrogen and oxygen atoms in total. The van der Waals surface area contributed by atoms with Gasteiger partial charge < -0.3 is 4.90 Å². The van der Waals surface area contributed by atoms with Crippen LogP contribution in [-0.2, 0) is 4.79 Å². The minimum atomic E-state index is -0.467. The molecular weight excluding hydrogens is 257 g/mol. The summed E-state index contributed by atoms with van der Waals surface area (Å²) in [6.07, 6.45) is 1.15. The van der Waals surface area contributed by atoms with Crippen LogP contribution >= 0.6 is 11.6 Å². The molecule has 1 aromatic carbocycles. The van der Waals surface area contributed by atoms with E-state index in [4.69, 9.17) is 11.6 Å². The maximum absolute atomic E-state index is 13.5. The number of amides is 1. The van der Waals surface area contributed by atoms with Crippen molar-refractivity contribution in [2.75, 3.05) is 13.1 Å². The van der Waals surface area contributed by atoms with Crippen molar-refractivity contribution in [3.63, 3.8) is 0 Å². The summed E-state index contributed by atoms with van der Waals surface area (Å²) in [7, 11) is 0. The highest BCUT2D eigenvalue weighted by atomic mass is 35.5. The largest absolute Gasteiger partial charge is 0.331 e. The summed E-state index contributed by atoms with van der Waals surface area (Å²) < 4.78 is 13.5. The Bertz CT molecular complexity index is 516. The minimum absolute atomic E-state index is 0.0262. The molecule has 0 atom stereocenters. The van der Waals surface area contributed by atoms with Crippen LogP contribution in [0.1, 0.15) is 28.8 Å². The van der Waals surface area contributed by atoms with Gasteiger partial charge >= 0.3 is 0 Å². The van der Waals surface area contributed by atoms with Gasteiger partial charge in [0.25, 0.3) is 5.91 Å². The van der Waals surface area contributed by atoms with Crippen LogP contribution in [0.3, 0.4) is 0 Å². The fraction of sp³-hybridized carbons (Fsp3) is 0.385. The number of likely N-dealkylation sites (tertiary alicyclic amines) is 1. The van der Waals surface area contributed by atoms with Gasteiger partial charge in [-0.3, -0.25) is 9.59 Å². The molecule has 0 N–H and O–H groups in total. The van der Waals surface area contributed by atoms with E-state index in [1.807, 2.05) is 0 Å². The standard InChI is InChI=1S/C13H13ClFNO2/c1-8-5-11(14)10(6-12(8)15)13(18)16-4-2-3-9(17)7-16/h5-6H,2-4,7H2,1H3. The van der Waals surface area contributed by atoms with Crippen LogP contribution in [0.15, 0.2) is 12.1 Å². The molecule has 0 unspecified atom stereocenters. The maximum atomic E-state index is 13.5. The topological polar surface area (TPSA) is 37.4 Å². The van der Waals surface area contributed by atoms with Gasteiger partial charge in [0.05, 0.1) is 17.1 Å². The third kappa shape index (κ3) is 2.53. The maximum Gasteiger partial charge on any atom is 0.255 e. The highest BCUT2D eigenvalue weighted by Gasteiger charge is 2.24. The molecule has 96 valence electrons. The summed E-state index contributed by atoms with van der Waals surface area (Å²) in [5.41, 5.74) is 0.515. The molecule has 0 aliphatic carbocycles. The molecule has 2 rings (SSSR count). The fourth-order valence-electron chi connectivity index (χ4n) is 1.99. The van der Waals surface area contributed by atoms with E-state index < -0.39 is 5.82 Å². The highest BCUT2D eigenvalue weighted by Crippen LogP contribution is 2.23. The van der Waals surface area contributed by atoms with E-state index in [0.29, 0.717) is 24.9 Å². The van der Waals surface area contributed by atoms with E-state index in [0.717, 1.165) is 6.07 Å². The monoisotopic (exact) mass is 269 g/mol. The predicted molar refractivity (Wildman–Crippen MR) is 66.3 cm³/mol. The average molecular weight is 270 g/mol. The average Bonchev–Trinajstić information content (AvgIpc) is 2.33. The van der Waals surface area contributed by atoms with Crippen LogP contribution in [0.25, 0.3) is 0 Å². The molecule has 1 fully saturated rings. The van der Waals surface area contributed by atoms with Crippen molar-refractivity contribution in [3.8, 4) is 0 Å². The van der Waals surface area contributed by atoms with Gasteiger partial charge in [-0.1, -0.05) is 11.6 Å². The Balaban J connectivity index is 2.28. The SMILES string of the molecule is Cc1cc(Cl)c(C(=O)N2CCCC(=O)C2)cc1F. The van der Waals surface area contributed by atoms with Gasteiger partial charge in [0.1, 0.15) is 5.82 Å². The lowest BCUT2D eigenvalue weighted by atomic mass is 10.1. The highest BCUT2D eigenvalue weighted by molar-refractivity contribution is 6.34. The van der Waals surface area contributed by atoms with Crippen LogP contribution in [0.5, 0.6) is 0 Å². The molecule has 1 amide bonds. The zero-order valence-corrected chi connectivity index (χ0v) is 10.8. The van der Waals surface area contributed by atoms with Crippen molar-refractivity contribution in [2.45, 2.75) is 19.8 Å². The van der Waals surface area contributed by atoms with Gasteiger partial charge in [-0.25, -0.2) is 4.39 Å². The number of benzene rings is 1. The molecule has 1 aliphatic heterocycles. The molecular formula is C13H13ClFNO2. The lowest BCUT2D eigenvalue weighted by Gasteiger charge is -2.26. The van der Waals surface area contributed by atoms with Gasteiger partial charge in [-0.15, -0.1) is 0 Å². The molecule has 0 bridgehead atoms. The zero-order valence-electron chi connectivity index (χ0n) is 10.0. The number of carbonyl (C=O) groups is 2. The molecule has 5 heteroatoms. The predicted octanol–water partition coefficient (Wildman–Crippen LogP) is 2.59. The molecule has 0 aromatic heterocycles. The summed E-state index contributed by atoms with van der Waals surface area (Å²) in [6.45, 7) is 2.18. The number of rotatable bonds is 1. The van der Waals surface area contributed by atoms with E-state index >= 15 is 0 Å². The Morgan fingerprint density at radius 2 is 2.17 bits per heavy atom. The first kappa shape index (κ1) is 13.0. The number of carbonyl (C=O) groups excluding carboxylic acids is 2. The van der Waals surface area contributed by atoms with E-state index in [2.05, 4.69) is 0 Å². The number of piperidine rings is 1. The van der Waals surface area contributed by atoms with Crippen molar-refractivity contribution in [2.24, 2.45) is 0 Å². The fourth-order valence-corrected chi connectivity index (χ4v) is 2.29. The van der Waals surface area contributed by atoms with Gasteiger partial charge in [-0.2, -0.15) is 0 Å². The van der Waals surface area contributed by atoms with Gasteiger partial charge in [0.2, 0.25) is 0 Å². The number of hydrogen-bond donors (Lipinski definition) is 0. The third-order valence-corrected chi connectivity index (χ3v) is 3.33.